The summed E-state index contributed by atoms with van der Waals surface area (Å²) in [6, 6.07) is 13.6. The molecule has 0 spiro atoms. The van der Waals surface area contributed by atoms with E-state index in [0.717, 1.165) is 15.7 Å². The van der Waals surface area contributed by atoms with Gasteiger partial charge in [0.15, 0.2) is 6.10 Å². The van der Waals surface area contributed by atoms with Crippen LogP contribution in [0.1, 0.15) is 38.8 Å². The van der Waals surface area contributed by atoms with Crippen molar-refractivity contribution in [2.45, 2.75) is 46.1 Å². The fourth-order valence-corrected chi connectivity index (χ4v) is 2.77. The Hall–Kier alpha value is -1.81. The first kappa shape index (κ1) is 18.5. The van der Waals surface area contributed by atoms with Gasteiger partial charge in [0.2, 0.25) is 0 Å². The molecule has 1 amide bonds. The zero-order valence-corrected chi connectivity index (χ0v) is 16.4. The number of halogens is 1. The van der Waals surface area contributed by atoms with E-state index in [-0.39, 0.29) is 11.3 Å². The number of rotatable bonds is 4. The van der Waals surface area contributed by atoms with Crippen LogP contribution in [0.15, 0.2) is 46.9 Å². The highest BCUT2D eigenvalue weighted by molar-refractivity contribution is 9.10. The zero-order chi connectivity index (χ0) is 17.9. The SMILES string of the molecule is Cc1cc(Br)ccc1NC(=O)[C@H](C)Oc1ccc(C(C)(C)C)cc1. The first-order valence-electron chi connectivity index (χ1n) is 8.01. The van der Waals surface area contributed by atoms with Crippen LogP contribution in [0.3, 0.4) is 0 Å². The van der Waals surface area contributed by atoms with Gasteiger partial charge in [-0.3, -0.25) is 4.79 Å². The lowest BCUT2D eigenvalue weighted by molar-refractivity contribution is -0.122. The van der Waals surface area contributed by atoms with Gasteiger partial charge in [-0.2, -0.15) is 0 Å². The summed E-state index contributed by atoms with van der Waals surface area (Å²) in [6.45, 7) is 10.2. The van der Waals surface area contributed by atoms with Crippen LogP contribution in [0.4, 0.5) is 5.69 Å². The summed E-state index contributed by atoms with van der Waals surface area (Å²) >= 11 is 3.42. The molecule has 0 aliphatic heterocycles. The van der Waals surface area contributed by atoms with Crippen LogP contribution in [0.2, 0.25) is 0 Å². The van der Waals surface area contributed by atoms with Crippen LogP contribution in [-0.2, 0) is 10.2 Å². The lowest BCUT2D eigenvalue weighted by Gasteiger charge is -2.20. The van der Waals surface area contributed by atoms with E-state index in [4.69, 9.17) is 4.74 Å². The quantitative estimate of drug-likeness (QED) is 0.753. The molecule has 0 saturated carbocycles. The second kappa shape index (κ2) is 7.39. The molecule has 1 N–H and O–H groups in total. The minimum absolute atomic E-state index is 0.0978. The molecule has 0 aromatic heterocycles. The maximum Gasteiger partial charge on any atom is 0.265 e. The number of benzene rings is 2. The van der Waals surface area contributed by atoms with E-state index in [1.807, 2.05) is 49.4 Å². The second-order valence-electron chi connectivity index (χ2n) is 6.98. The summed E-state index contributed by atoms with van der Waals surface area (Å²) in [5.74, 6) is 0.526. The average Bonchev–Trinajstić information content (AvgIpc) is 2.49. The minimum Gasteiger partial charge on any atom is -0.481 e. The Kier molecular flexibility index (Phi) is 5.70. The Labute approximate surface area is 152 Å². The summed E-state index contributed by atoms with van der Waals surface area (Å²) in [4.78, 5) is 12.3. The Morgan fingerprint density at radius 3 is 2.29 bits per heavy atom. The molecule has 2 aromatic rings. The molecule has 24 heavy (non-hydrogen) atoms. The number of anilines is 1. The van der Waals surface area contributed by atoms with Crippen LogP contribution >= 0.6 is 15.9 Å². The summed E-state index contributed by atoms with van der Waals surface area (Å²) in [6.07, 6.45) is -0.575. The van der Waals surface area contributed by atoms with E-state index in [1.165, 1.54) is 5.56 Å². The van der Waals surface area contributed by atoms with Crippen LogP contribution in [0.25, 0.3) is 0 Å². The van der Waals surface area contributed by atoms with Crippen molar-refractivity contribution in [3.8, 4) is 5.75 Å². The molecule has 2 aromatic carbocycles. The van der Waals surface area contributed by atoms with Gasteiger partial charge < -0.3 is 10.1 Å². The Balaban J connectivity index is 2.01. The predicted octanol–water partition coefficient (Wildman–Crippen LogP) is 5.46. The molecule has 0 bridgehead atoms. The summed E-state index contributed by atoms with van der Waals surface area (Å²) in [5, 5.41) is 2.91. The van der Waals surface area contributed by atoms with Crippen molar-refractivity contribution in [1.29, 1.82) is 0 Å². The number of hydrogen-bond donors (Lipinski definition) is 1. The molecule has 0 unspecified atom stereocenters. The van der Waals surface area contributed by atoms with Crippen LogP contribution < -0.4 is 10.1 Å². The first-order valence-corrected chi connectivity index (χ1v) is 8.80. The molecule has 0 radical (unpaired) electrons. The Morgan fingerprint density at radius 1 is 1.12 bits per heavy atom. The number of carbonyl (C=O) groups is 1. The fraction of sp³-hybridized carbons (Fsp3) is 0.350. The third-order valence-electron chi connectivity index (χ3n) is 3.85. The van der Waals surface area contributed by atoms with Crippen molar-refractivity contribution < 1.29 is 9.53 Å². The van der Waals surface area contributed by atoms with Crippen molar-refractivity contribution in [3.05, 3.63) is 58.1 Å². The third-order valence-corrected chi connectivity index (χ3v) is 4.34. The summed E-state index contributed by atoms with van der Waals surface area (Å²) in [5.41, 5.74) is 3.12. The maximum absolute atomic E-state index is 12.3. The van der Waals surface area contributed by atoms with Crippen molar-refractivity contribution >= 4 is 27.5 Å². The summed E-state index contributed by atoms with van der Waals surface area (Å²) < 4.78 is 6.75. The predicted molar refractivity (Wildman–Crippen MR) is 103 cm³/mol. The molecular weight excluding hydrogens is 366 g/mol. The molecule has 0 saturated heterocycles. The average molecular weight is 390 g/mol. The van der Waals surface area contributed by atoms with E-state index in [1.54, 1.807) is 6.92 Å². The van der Waals surface area contributed by atoms with Gasteiger partial charge in [-0.25, -0.2) is 0 Å². The van der Waals surface area contributed by atoms with E-state index in [0.29, 0.717) is 5.75 Å². The highest BCUT2D eigenvalue weighted by Gasteiger charge is 2.17. The smallest absolute Gasteiger partial charge is 0.265 e. The number of ether oxygens (including phenoxy) is 1. The molecule has 0 heterocycles. The molecule has 128 valence electrons. The molecule has 1 atom stereocenters. The van der Waals surface area contributed by atoms with Gasteiger partial charge in [0.05, 0.1) is 0 Å². The van der Waals surface area contributed by atoms with Gasteiger partial charge in [0.1, 0.15) is 5.75 Å². The van der Waals surface area contributed by atoms with Crippen molar-refractivity contribution in [1.82, 2.24) is 0 Å². The van der Waals surface area contributed by atoms with Gasteiger partial charge in [0, 0.05) is 10.2 Å². The van der Waals surface area contributed by atoms with Gasteiger partial charge in [-0.15, -0.1) is 0 Å². The van der Waals surface area contributed by atoms with Crippen molar-refractivity contribution in [3.63, 3.8) is 0 Å². The minimum atomic E-state index is -0.575. The third kappa shape index (κ3) is 4.84. The number of nitrogens with one attached hydrogen (secondary N) is 1. The monoisotopic (exact) mass is 389 g/mol. The number of aryl methyl sites for hydroxylation is 1. The van der Waals surface area contributed by atoms with E-state index < -0.39 is 6.10 Å². The van der Waals surface area contributed by atoms with Crippen molar-refractivity contribution in [2.75, 3.05) is 5.32 Å². The van der Waals surface area contributed by atoms with E-state index >= 15 is 0 Å². The summed E-state index contributed by atoms with van der Waals surface area (Å²) in [7, 11) is 0. The molecule has 0 aliphatic rings. The van der Waals surface area contributed by atoms with Crippen LogP contribution in [0, 0.1) is 6.92 Å². The zero-order valence-electron chi connectivity index (χ0n) is 14.8. The normalized spacial score (nSPS) is 12.6. The topological polar surface area (TPSA) is 38.3 Å². The molecule has 4 heteroatoms. The first-order chi connectivity index (χ1) is 11.2. The fourth-order valence-electron chi connectivity index (χ4n) is 2.29. The maximum atomic E-state index is 12.3. The highest BCUT2D eigenvalue weighted by atomic mass is 79.9. The standard InChI is InChI=1S/C20H24BrNO2/c1-13-12-16(21)8-11-18(13)22-19(23)14(2)24-17-9-6-15(7-10-17)20(3,4)5/h6-12,14H,1-5H3,(H,22,23)/t14-/m0/s1. The lowest BCUT2D eigenvalue weighted by Crippen LogP contribution is -2.30. The van der Waals surface area contributed by atoms with E-state index in [9.17, 15) is 4.79 Å². The molecular formula is C20H24BrNO2. The van der Waals surface area contributed by atoms with Crippen molar-refractivity contribution in [2.24, 2.45) is 0 Å². The van der Waals surface area contributed by atoms with Gasteiger partial charge >= 0.3 is 0 Å². The Morgan fingerprint density at radius 2 is 1.75 bits per heavy atom. The van der Waals surface area contributed by atoms with Gasteiger partial charge in [-0.05, 0) is 60.7 Å². The molecule has 2 rings (SSSR count). The van der Waals surface area contributed by atoms with Gasteiger partial charge in [0.25, 0.3) is 5.91 Å². The Bertz CT molecular complexity index is 717. The molecule has 0 aliphatic carbocycles. The van der Waals surface area contributed by atoms with Gasteiger partial charge in [-0.1, -0.05) is 48.8 Å². The number of amides is 1. The molecule has 3 nitrogen and oxygen atoms in total. The van der Waals surface area contributed by atoms with E-state index in [2.05, 4.69) is 42.0 Å². The largest absolute Gasteiger partial charge is 0.481 e. The number of hydrogen-bond acceptors (Lipinski definition) is 2. The van der Waals surface area contributed by atoms with Crippen LogP contribution in [-0.4, -0.2) is 12.0 Å². The number of carbonyl (C=O) groups excluding carboxylic acids is 1. The van der Waals surface area contributed by atoms with Crippen LogP contribution in [0.5, 0.6) is 5.75 Å². The lowest BCUT2D eigenvalue weighted by atomic mass is 9.87. The highest BCUT2D eigenvalue weighted by Crippen LogP contribution is 2.25. The molecule has 0 fully saturated rings. The second-order valence-corrected chi connectivity index (χ2v) is 7.90.